The van der Waals surface area contributed by atoms with Gasteiger partial charge in [-0.2, -0.15) is 0 Å². The van der Waals surface area contributed by atoms with E-state index in [1.165, 1.54) is 6.07 Å². The van der Waals surface area contributed by atoms with Gasteiger partial charge < -0.3 is 25.3 Å². The lowest BCUT2D eigenvalue weighted by atomic mass is 10.0. The number of aromatic nitrogens is 2. The molecule has 202 valence electrons. The molecule has 1 saturated carbocycles. The maximum absolute atomic E-state index is 14.1. The number of benzene rings is 1. The molecule has 1 saturated heterocycles. The van der Waals surface area contributed by atoms with E-state index in [-0.39, 0.29) is 11.3 Å². The molecule has 3 aromatic rings. The quantitative estimate of drug-likeness (QED) is 0.428. The minimum Gasteiger partial charge on any atom is -0.491 e. The second-order valence-corrected chi connectivity index (χ2v) is 10.5. The summed E-state index contributed by atoms with van der Waals surface area (Å²) in [5.41, 5.74) is 3.52. The Hall–Kier alpha value is -3.46. The lowest BCUT2D eigenvalue weighted by molar-refractivity contribution is 0.0939. The lowest BCUT2D eigenvalue weighted by Gasteiger charge is -2.27. The van der Waals surface area contributed by atoms with Gasteiger partial charge in [-0.1, -0.05) is 6.07 Å². The van der Waals surface area contributed by atoms with Gasteiger partial charge in [0, 0.05) is 42.7 Å². The Morgan fingerprint density at radius 1 is 1.26 bits per heavy atom. The van der Waals surface area contributed by atoms with Crippen molar-refractivity contribution in [1.82, 2.24) is 20.6 Å². The van der Waals surface area contributed by atoms with Crippen molar-refractivity contribution in [3.05, 3.63) is 63.0 Å². The summed E-state index contributed by atoms with van der Waals surface area (Å²) >= 11 is 0. The number of anilines is 1. The van der Waals surface area contributed by atoms with Crippen LogP contribution in [0.3, 0.4) is 0 Å². The Balaban J connectivity index is 1.59. The average molecular weight is 522 g/mol. The van der Waals surface area contributed by atoms with E-state index in [4.69, 9.17) is 9.72 Å². The van der Waals surface area contributed by atoms with Crippen LogP contribution < -0.4 is 25.8 Å². The molecule has 3 N–H and O–H groups in total. The maximum atomic E-state index is 14.1. The van der Waals surface area contributed by atoms with E-state index in [1.54, 1.807) is 19.1 Å². The van der Waals surface area contributed by atoms with E-state index in [1.807, 2.05) is 19.9 Å². The summed E-state index contributed by atoms with van der Waals surface area (Å²) in [6.45, 7) is 10.2. The third-order valence-corrected chi connectivity index (χ3v) is 7.45. The van der Waals surface area contributed by atoms with Crippen LogP contribution in [0.5, 0.6) is 5.75 Å². The van der Waals surface area contributed by atoms with Gasteiger partial charge in [0.25, 0.3) is 11.5 Å². The first-order chi connectivity index (χ1) is 18.3. The molecule has 1 amide bonds. The number of hydrogen-bond acceptors (Lipinski definition) is 6. The Kier molecular flexibility index (Phi) is 7.38. The molecule has 2 atom stereocenters. The van der Waals surface area contributed by atoms with E-state index in [0.717, 1.165) is 54.6 Å². The van der Waals surface area contributed by atoms with Crippen molar-refractivity contribution < 1.29 is 13.9 Å². The van der Waals surface area contributed by atoms with Gasteiger partial charge in [0.2, 0.25) is 0 Å². The van der Waals surface area contributed by atoms with Crippen LogP contribution in [0.1, 0.15) is 79.3 Å². The molecule has 2 aliphatic rings. The molecule has 0 spiro atoms. The third-order valence-electron chi connectivity index (χ3n) is 7.45. The van der Waals surface area contributed by atoms with Gasteiger partial charge >= 0.3 is 0 Å². The number of fused-ring (bicyclic) bond motifs is 1. The van der Waals surface area contributed by atoms with Crippen LogP contribution >= 0.6 is 0 Å². The predicted octanol–water partition coefficient (Wildman–Crippen LogP) is 4.33. The highest BCUT2D eigenvalue weighted by Gasteiger charge is 2.32. The van der Waals surface area contributed by atoms with Crippen molar-refractivity contribution in [3.8, 4) is 5.75 Å². The van der Waals surface area contributed by atoms with Crippen molar-refractivity contribution in [3.63, 3.8) is 0 Å². The van der Waals surface area contributed by atoms with Crippen molar-refractivity contribution in [2.24, 2.45) is 0 Å². The largest absolute Gasteiger partial charge is 0.491 e. The monoisotopic (exact) mass is 521 g/mol. The molecule has 1 aliphatic carbocycles. The number of hydrogen-bond donors (Lipinski definition) is 3. The van der Waals surface area contributed by atoms with Gasteiger partial charge in [-0.05, 0) is 70.7 Å². The minimum atomic E-state index is -0.475. The zero-order valence-electron chi connectivity index (χ0n) is 22.5. The van der Waals surface area contributed by atoms with E-state index in [9.17, 15) is 14.0 Å². The van der Waals surface area contributed by atoms with Crippen molar-refractivity contribution in [1.29, 1.82) is 0 Å². The van der Waals surface area contributed by atoms with E-state index < -0.39 is 23.3 Å². The molecule has 2 aromatic heterocycles. The molecular formula is C29H36FN5O3. The number of rotatable bonds is 7. The maximum Gasteiger partial charge on any atom is 0.263 e. The first kappa shape index (κ1) is 26.2. The van der Waals surface area contributed by atoms with Crippen LogP contribution in [-0.4, -0.2) is 48.2 Å². The zero-order chi connectivity index (χ0) is 27.0. The molecule has 9 heteroatoms. The van der Waals surface area contributed by atoms with E-state index >= 15 is 0 Å². The molecule has 1 aliphatic heterocycles. The minimum absolute atomic E-state index is 0.0957. The van der Waals surface area contributed by atoms with Gasteiger partial charge in [0.1, 0.15) is 5.56 Å². The van der Waals surface area contributed by atoms with Crippen molar-refractivity contribution in [2.45, 2.75) is 65.0 Å². The standard InChI is InChI=1S/C29H36FN5O3/c1-5-38-23-15-20(8-9-22(23)30)18(4)33-28(36)24-27(35-12-10-16(2)31-11-13-35)21-14-17(3)32-25(19-6-7-19)26(21)34-29(24)37/h8-9,14-16,18-19,31H,5-7,10-13H2,1-4H3,(H,33,36)(H,34,37)/t16-,18-/m0/s1. The smallest absolute Gasteiger partial charge is 0.263 e. The molecule has 8 nitrogen and oxygen atoms in total. The summed E-state index contributed by atoms with van der Waals surface area (Å²) in [5.74, 6) is -0.450. The van der Waals surface area contributed by atoms with E-state index in [2.05, 4.69) is 27.4 Å². The Labute approximate surface area is 222 Å². The predicted molar refractivity (Wildman–Crippen MR) is 147 cm³/mol. The SMILES string of the molecule is CCOc1cc([C@H](C)NC(=O)c2c(N3CCN[C@@H](C)CC3)c3cc(C)nc(C4CC4)c3[nH]c2=O)ccc1F. The highest BCUT2D eigenvalue weighted by atomic mass is 19.1. The van der Waals surface area contributed by atoms with Gasteiger partial charge in [0.15, 0.2) is 11.6 Å². The Morgan fingerprint density at radius 3 is 2.79 bits per heavy atom. The van der Waals surface area contributed by atoms with Gasteiger partial charge in [0.05, 0.1) is 29.5 Å². The molecule has 0 bridgehead atoms. The number of nitrogens with zero attached hydrogens (tertiary/aromatic N) is 2. The highest BCUT2D eigenvalue weighted by Crippen LogP contribution is 2.43. The number of aryl methyl sites for hydroxylation is 1. The number of amides is 1. The molecule has 38 heavy (non-hydrogen) atoms. The number of ether oxygens (including phenoxy) is 1. The summed E-state index contributed by atoms with van der Waals surface area (Å²) in [6, 6.07) is 6.38. The number of H-pyrrole nitrogens is 1. The fourth-order valence-corrected chi connectivity index (χ4v) is 5.27. The molecule has 2 fully saturated rings. The summed E-state index contributed by atoms with van der Waals surface area (Å²) in [5, 5.41) is 7.33. The normalized spacial score (nSPS) is 18.8. The van der Waals surface area contributed by atoms with Gasteiger partial charge in [-0.3, -0.25) is 14.6 Å². The number of carbonyl (C=O) groups excluding carboxylic acids is 1. The number of nitrogens with one attached hydrogen (secondary N) is 3. The molecule has 3 heterocycles. The average Bonchev–Trinajstić information content (AvgIpc) is 3.73. The van der Waals surface area contributed by atoms with Crippen LogP contribution in [0.4, 0.5) is 10.1 Å². The molecule has 5 rings (SSSR count). The fourth-order valence-electron chi connectivity index (χ4n) is 5.27. The second-order valence-electron chi connectivity index (χ2n) is 10.5. The summed E-state index contributed by atoms with van der Waals surface area (Å²) in [6.07, 6.45) is 2.99. The first-order valence-electron chi connectivity index (χ1n) is 13.6. The van der Waals surface area contributed by atoms with Gasteiger partial charge in [-0.15, -0.1) is 0 Å². The number of carbonyl (C=O) groups is 1. The van der Waals surface area contributed by atoms with E-state index in [0.29, 0.717) is 36.4 Å². The second kappa shape index (κ2) is 10.7. The lowest BCUT2D eigenvalue weighted by Crippen LogP contribution is -2.37. The van der Waals surface area contributed by atoms with Crippen LogP contribution in [0, 0.1) is 12.7 Å². The third kappa shape index (κ3) is 5.25. The summed E-state index contributed by atoms with van der Waals surface area (Å²) in [7, 11) is 0. The Bertz CT molecular complexity index is 1420. The number of aromatic amines is 1. The van der Waals surface area contributed by atoms with Gasteiger partial charge in [-0.25, -0.2) is 4.39 Å². The van der Waals surface area contributed by atoms with Crippen LogP contribution in [0.2, 0.25) is 0 Å². The molecule has 1 aromatic carbocycles. The fraction of sp³-hybridized carbons (Fsp3) is 0.483. The Morgan fingerprint density at radius 2 is 2.05 bits per heavy atom. The van der Waals surface area contributed by atoms with Crippen molar-refractivity contribution >= 4 is 22.5 Å². The topological polar surface area (TPSA) is 99.3 Å². The summed E-state index contributed by atoms with van der Waals surface area (Å²) in [4.78, 5) is 37.4. The van der Waals surface area contributed by atoms with Crippen LogP contribution in [0.15, 0.2) is 29.1 Å². The molecule has 0 unspecified atom stereocenters. The van der Waals surface area contributed by atoms with Crippen LogP contribution in [0.25, 0.3) is 10.9 Å². The molecular weight excluding hydrogens is 485 g/mol. The van der Waals surface area contributed by atoms with Crippen LogP contribution in [-0.2, 0) is 0 Å². The summed E-state index contributed by atoms with van der Waals surface area (Å²) < 4.78 is 19.5. The molecule has 0 radical (unpaired) electrons. The highest BCUT2D eigenvalue weighted by molar-refractivity contribution is 6.08. The zero-order valence-corrected chi connectivity index (χ0v) is 22.5. The van der Waals surface area contributed by atoms with Crippen molar-refractivity contribution in [2.75, 3.05) is 31.1 Å². The number of halogens is 1. The first-order valence-corrected chi connectivity index (χ1v) is 13.6. The number of pyridine rings is 2.